The smallest absolute Gasteiger partial charge is 0.0944 e. The van der Waals surface area contributed by atoms with E-state index in [9.17, 15) is 0 Å². The third kappa shape index (κ3) is 4.83. The first-order valence-electron chi connectivity index (χ1n) is 2.88. The Bertz CT molecular complexity index is 175. The molecule has 0 atom stereocenters. The fourth-order valence-corrected chi connectivity index (χ4v) is 0.329. The second kappa shape index (κ2) is 3.91. The molecule has 0 radical (unpaired) electrons. The number of hydrogen-bond donors (Lipinski definition) is 0. The highest BCUT2D eigenvalue weighted by molar-refractivity contribution is 5.24. The summed E-state index contributed by atoms with van der Waals surface area (Å²) in [5, 5.41) is 8.30. The average molecular weight is 121 g/mol. The molecular formula is C8H11N. The van der Waals surface area contributed by atoms with E-state index >= 15 is 0 Å². The molecule has 1 nitrogen and oxygen atoms in total. The Kier molecular flexibility index (Phi) is 3.46. The molecule has 0 fully saturated rings. The van der Waals surface area contributed by atoms with Crippen molar-refractivity contribution >= 4 is 0 Å². The van der Waals surface area contributed by atoms with E-state index in [-0.39, 0.29) is 0 Å². The molecule has 0 aromatic heterocycles. The van der Waals surface area contributed by atoms with Crippen LogP contribution in [-0.4, -0.2) is 0 Å². The van der Waals surface area contributed by atoms with Crippen LogP contribution >= 0.6 is 0 Å². The summed E-state index contributed by atoms with van der Waals surface area (Å²) >= 11 is 0. The quantitative estimate of drug-likeness (QED) is 0.386. The van der Waals surface area contributed by atoms with Gasteiger partial charge in [-0.05, 0) is 26.8 Å². The van der Waals surface area contributed by atoms with E-state index in [4.69, 9.17) is 5.26 Å². The first-order valence-corrected chi connectivity index (χ1v) is 2.88. The number of nitrogens with zero attached hydrogens (tertiary/aromatic N) is 1. The number of hydrogen-bond acceptors (Lipinski definition) is 1. The van der Waals surface area contributed by atoms with Crippen LogP contribution in [-0.2, 0) is 0 Å². The Morgan fingerprint density at radius 3 is 2.11 bits per heavy atom. The minimum Gasteiger partial charge on any atom is -0.193 e. The lowest BCUT2D eigenvalue weighted by Crippen LogP contribution is -1.65. The molecule has 0 aromatic rings. The molecule has 0 N–H and O–H groups in total. The summed E-state index contributed by atoms with van der Waals surface area (Å²) in [6, 6.07) is 2.04. The summed E-state index contributed by atoms with van der Waals surface area (Å²) in [5.41, 5.74) is 1.96. The van der Waals surface area contributed by atoms with Crippen LogP contribution in [0.2, 0.25) is 0 Å². The monoisotopic (exact) mass is 121 g/mol. The second-order valence-corrected chi connectivity index (χ2v) is 2.21. The Morgan fingerprint density at radius 1 is 1.22 bits per heavy atom. The van der Waals surface area contributed by atoms with Crippen LogP contribution in [0.4, 0.5) is 0 Å². The number of allylic oxidation sites excluding steroid dienone is 4. The van der Waals surface area contributed by atoms with Crippen molar-refractivity contribution in [2.75, 3.05) is 0 Å². The van der Waals surface area contributed by atoms with E-state index in [1.165, 1.54) is 5.57 Å². The van der Waals surface area contributed by atoms with Crippen molar-refractivity contribution in [3.05, 3.63) is 23.3 Å². The Morgan fingerprint density at radius 2 is 1.78 bits per heavy atom. The minimum absolute atomic E-state index is 0.746. The fourth-order valence-electron chi connectivity index (χ4n) is 0.329. The summed E-state index contributed by atoms with van der Waals surface area (Å²) in [5.74, 6) is 0. The molecule has 9 heavy (non-hydrogen) atoms. The van der Waals surface area contributed by atoms with Gasteiger partial charge in [0.25, 0.3) is 0 Å². The van der Waals surface area contributed by atoms with Gasteiger partial charge in [0.1, 0.15) is 0 Å². The van der Waals surface area contributed by atoms with E-state index in [1.807, 2.05) is 32.1 Å². The van der Waals surface area contributed by atoms with Gasteiger partial charge in [0.15, 0.2) is 0 Å². The molecule has 0 aliphatic rings. The van der Waals surface area contributed by atoms with Crippen LogP contribution < -0.4 is 0 Å². The molecule has 0 aliphatic heterocycles. The molecule has 0 unspecified atom stereocenters. The van der Waals surface area contributed by atoms with Crippen molar-refractivity contribution in [3.8, 4) is 6.07 Å². The highest BCUT2D eigenvalue weighted by atomic mass is 14.2. The lowest BCUT2D eigenvalue weighted by atomic mass is 10.2. The zero-order valence-corrected chi connectivity index (χ0v) is 6.10. The molecule has 0 rings (SSSR count). The van der Waals surface area contributed by atoms with Crippen LogP contribution in [0, 0.1) is 11.3 Å². The molecule has 0 amide bonds. The largest absolute Gasteiger partial charge is 0.193 e. The Balaban J connectivity index is 4.03. The van der Waals surface area contributed by atoms with Crippen molar-refractivity contribution in [3.63, 3.8) is 0 Å². The molecule has 1 heteroatoms. The number of rotatable bonds is 1. The van der Waals surface area contributed by atoms with Gasteiger partial charge in [0, 0.05) is 5.57 Å². The third-order valence-corrected chi connectivity index (χ3v) is 0.843. The van der Waals surface area contributed by atoms with Crippen molar-refractivity contribution in [1.82, 2.24) is 0 Å². The summed E-state index contributed by atoms with van der Waals surface area (Å²) in [4.78, 5) is 0. The average Bonchev–Trinajstić information content (AvgIpc) is 1.83. The van der Waals surface area contributed by atoms with E-state index in [2.05, 4.69) is 0 Å². The van der Waals surface area contributed by atoms with Crippen molar-refractivity contribution in [2.24, 2.45) is 0 Å². The molecule has 0 bridgehead atoms. The zero-order valence-electron chi connectivity index (χ0n) is 6.10. The van der Waals surface area contributed by atoms with Crippen LogP contribution in [0.1, 0.15) is 20.8 Å². The molecule has 0 aromatic carbocycles. The lowest BCUT2D eigenvalue weighted by molar-refractivity contribution is 1.38. The van der Waals surface area contributed by atoms with E-state index < -0.39 is 0 Å². The first kappa shape index (κ1) is 7.97. The maximum atomic E-state index is 8.30. The molecule has 48 valence electrons. The predicted molar refractivity (Wildman–Crippen MR) is 38.8 cm³/mol. The highest BCUT2D eigenvalue weighted by Crippen LogP contribution is 1.93. The maximum absolute atomic E-state index is 8.30. The van der Waals surface area contributed by atoms with E-state index in [0.29, 0.717) is 0 Å². The summed E-state index contributed by atoms with van der Waals surface area (Å²) in [6.07, 6.45) is 3.74. The van der Waals surface area contributed by atoms with Crippen LogP contribution in [0.3, 0.4) is 0 Å². The van der Waals surface area contributed by atoms with Gasteiger partial charge in [0.2, 0.25) is 0 Å². The van der Waals surface area contributed by atoms with E-state index in [1.54, 1.807) is 6.92 Å². The third-order valence-electron chi connectivity index (χ3n) is 0.843. The molecule has 0 saturated carbocycles. The Labute approximate surface area is 56.3 Å². The molecular weight excluding hydrogens is 110 g/mol. The van der Waals surface area contributed by atoms with Crippen molar-refractivity contribution in [1.29, 1.82) is 5.26 Å². The van der Waals surface area contributed by atoms with E-state index in [0.717, 1.165) is 5.57 Å². The van der Waals surface area contributed by atoms with Gasteiger partial charge >= 0.3 is 0 Å². The van der Waals surface area contributed by atoms with Crippen LogP contribution in [0.15, 0.2) is 23.3 Å². The second-order valence-electron chi connectivity index (χ2n) is 2.21. The molecule has 0 heterocycles. The van der Waals surface area contributed by atoms with Gasteiger partial charge in [-0.15, -0.1) is 0 Å². The van der Waals surface area contributed by atoms with Gasteiger partial charge in [-0.3, -0.25) is 0 Å². The summed E-state index contributed by atoms with van der Waals surface area (Å²) < 4.78 is 0. The van der Waals surface area contributed by atoms with Gasteiger partial charge in [-0.1, -0.05) is 11.6 Å². The standard InChI is InChI=1S/C8H11N/c1-7(2)4-5-8(3)6-9/h4-5H,1-3H3. The van der Waals surface area contributed by atoms with Gasteiger partial charge in [0.05, 0.1) is 6.07 Å². The molecule has 0 aliphatic carbocycles. The van der Waals surface area contributed by atoms with Crippen molar-refractivity contribution in [2.45, 2.75) is 20.8 Å². The minimum atomic E-state index is 0.746. The van der Waals surface area contributed by atoms with Crippen molar-refractivity contribution < 1.29 is 0 Å². The summed E-state index contributed by atoms with van der Waals surface area (Å²) in [6.45, 7) is 5.79. The van der Waals surface area contributed by atoms with Gasteiger partial charge < -0.3 is 0 Å². The van der Waals surface area contributed by atoms with Crippen LogP contribution in [0.25, 0.3) is 0 Å². The first-order chi connectivity index (χ1) is 4.16. The Hall–Kier alpha value is -1.03. The topological polar surface area (TPSA) is 23.8 Å². The SMILES string of the molecule is CC(C)=CC=C(C)C#N. The zero-order chi connectivity index (χ0) is 7.28. The summed E-state index contributed by atoms with van der Waals surface area (Å²) in [7, 11) is 0. The molecule has 0 spiro atoms. The predicted octanol–water partition coefficient (Wildman–Crippen LogP) is 2.42. The van der Waals surface area contributed by atoms with Gasteiger partial charge in [-0.2, -0.15) is 5.26 Å². The molecule has 0 saturated heterocycles. The normalized spacial score (nSPS) is 10.2. The lowest BCUT2D eigenvalue weighted by Gasteiger charge is -1.82. The highest BCUT2D eigenvalue weighted by Gasteiger charge is 1.77. The fraction of sp³-hybridized carbons (Fsp3) is 0.375. The number of nitriles is 1. The van der Waals surface area contributed by atoms with Gasteiger partial charge in [-0.25, -0.2) is 0 Å². The maximum Gasteiger partial charge on any atom is 0.0944 e. The van der Waals surface area contributed by atoms with Crippen LogP contribution in [0.5, 0.6) is 0 Å².